The quantitative estimate of drug-likeness (QED) is 0.0222. The molecule has 10 heterocycles. The van der Waals surface area contributed by atoms with Gasteiger partial charge in [-0.25, -0.2) is 29.5 Å². The lowest BCUT2D eigenvalue weighted by Gasteiger charge is -2.17. The van der Waals surface area contributed by atoms with Crippen LogP contribution in [-0.2, 0) is 74.1 Å². The van der Waals surface area contributed by atoms with Gasteiger partial charge in [-0.2, -0.15) is 9.97 Å². The number of ketones is 1. The Morgan fingerprint density at radius 3 is 1.75 bits per heavy atom. The molecule has 560 valence electrons. The summed E-state index contributed by atoms with van der Waals surface area (Å²) in [5, 5.41) is 54.5. The van der Waals surface area contributed by atoms with Gasteiger partial charge in [0.05, 0.1) is 25.7 Å². The Kier molecular flexibility index (Phi) is 24.1. The lowest BCUT2D eigenvalue weighted by atomic mass is 10.1. The van der Waals surface area contributed by atoms with Crippen LogP contribution in [0.25, 0.3) is 22.3 Å². The van der Waals surface area contributed by atoms with E-state index in [0.717, 1.165) is 28.0 Å². The highest BCUT2D eigenvalue weighted by molar-refractivity contribution is 7.33. The molecule has 2 aromatic carbocycles. The number of esters is 1. The highest BCUT2D eigenvalue weighted by Crippen LogP contribution is 2.45. The molecule has 0 saturated carbocycles. The fraction of sp³-hybridized carbons (Fsp3) is 0.452. The summed E-state index contributed by atoms with van der Waals surface area (Å²) in [7, 11) is -10.4. The third-order valence-electron chi connectivity index (χ3n) is 17.0. The van der Waals surface area contributed by atoms with Crippen molar-refractivity contribution in [1.82, 2.24) is 58.1 Å². The number of ether oxygens (including phenoxy) is 5. The molecule has 9 N–H and O–H groups in total. The van der Waals surface area contributed by atoms with E-state index in [9.17, 15) is 72.5 Å². The number of fused-ring (bicyclic) bond motifs is 2. The number of carbonyl (C=O) groups is 4. The van der Waals surface area contributed by atoms with Gasteiger partial charge in [0.25, 0.3) is 22.9 Å². The third-order valence-corrected chi connectivity index (χ3v) is 19.4. The predicted octanol–water partition coefficient (Wildman–Crippen LogP) is 2.16. The normalized spacial score (nSPS) is 25.4. The average Bonchev–Trinajstić information content (AvgIpc) is 1.62. The molecule has 3 unspecified atom stereocenters. The van der Waals surface area contributed by atoms with Crippen LogP contribution in [0.4, 0.5) is 17.6 Å². The number of hydrogen-bond acceptors (Lipinski definition) is 33. The first kappa shape index (κ1) is 76.2. The third kappa shape index (κ3) is 17.3. The summed E-state index contributed by atoms with van der Waals surface area (Å²) in [6, 6.07) is 17.3. The van der Waals surface area contributed by atoms with Gasteiger partial charge in [0.2, 0.25) is 5.95 Å². The number of Topliss-reactive ketones (excluding diaryl/α,β-unsaturated/α-hetero) is 1. The summed E-state index contributed by atoms with van der Waals surface area (Å²) in [4.78, 5) is 133. The van der Waals surface area contributed by atoms with Crippen molar-refractivity contribution in [2.75, 3.05) is 48.9 Å². The second-order valence-corrected chi connectivity index (χ2v) is 27.6. The molecule has 4 aliphatic rings. The van der Waals surface area contributed by atoms with Gasteiger partial charge in [0.1, 0.15) is 92.8 Å². The zero-order valence-corrected chi connectivity index (χ0v) is 58.9. The number of benzene rings is 2. The summed E-state index contributed by atoms with van der Waals surface area (Å²) in [5.41, 5.74) is -2.85. The van der Waals surface area contributed by atoms with Crippen LogP contribution in [0.5, 0.6) is 0 Å². The zero-order valence-electron chi connectivity index (χ0n) is 56.2. The van der Waals surface area contributed by atoms with Crippen molar-refractivity contribution in [3.8, 4) is 0 Å². The van der Waals surface area contributed by atoms with E-state index in [1.165, 1.54) is 53.7 Å². The molecule has 41 nitrogen and oxygen atoms in total. The number of H-pyrrole nitrogens is 2. The Balaban J connectivity index is 0.777. The number of amides is 2. The summed E-state index contributed by atoms with van der Waals surface area (Å²) in [6.07, 6.45) is -19.2. The van der Waals surface area contributed by atoms with Crippen molar-refractivity contribution < 1.29 is 104 Å². The molecule has 0 radical (unpaired) electrons. The first-order chi connectivity index (χ1) is 50.9. The van der Waals surface area contributed by atoms with Crippen molar-refractivity contribution in [2.45, 2.75) is 139 Å². The number of anilines is 3. The Labute approximate surface area is 598 Å². The summed E-state index contributed by atoms with van der Waals surface area (Å²) < 4.78 is 111. The molecule has 106 heavy (non-hydrogen) atoms. The Morgan fingerprint density at radius 1 is 0.632 bits per heavy atom. The second kappa shape index (κ2) is 33.5. The van der Waals surface area contributed by atoms with Crippen LogP contribution >= 0.6 is 24.8 Å². The van der Waals surface area contributed by atoms with Crippen LogP contribution in [0.1, 0.15) is 91.2 Å². The minimum Gasteiger partial charge on any atom is -0.459 e. The minimum absolute atomic E-state index is 0.000484. The number of aryl methyl sites for hydroxylation is 1. The van der Waals surface area contributed by atoms with Crippen LogP contribution in [-0.4, -0.2) is 202 Å². The molecule has 4 saturated heterocycles. The molecular weight excluding hydrogens is 1460 g/mol. The van der Waals surface area contributed by atoms with Gasteiger partial charge in [-0.1, -0.05) is 50.2 Å². The number of aromatic amines is 2. The molecule has 6 aromatic heterocycles. The number of aromatic nitrogens is 12. The van der Waals surface area contributed by atoms with Gasteiger partial charge in [-0.05, 0) is 50.1 Å². The van der Waals surface area contributed by atoms with Crippen molar-refractivity contribution in [3.05, 3.63) is 156 Å². The maximum atomic E-state index is 14.3. The van der Waals surface area contributed by atoms with E-state index in [2.05, 4.69) is 55.8 Å². The summed E-state index contributed by atoms with van der Waals surface area (Å²) >= 11 is 0. The van der Waals surface area contributed by atoms with Gasteiger partial charge in [0.15, 0.2) is 65.1 Å². The maximum absolute atomic E-state index is 14.3. The van der Waals surface area contributed by atoms with E-state index < -0.39 is 184 Å². The molecule has 0 bridgehead atoms. The largest absolute Gasteiger partial charge is 0.697 e. The number of imidazole rings is 2. The molecule has 0 aliphatic carbocycles. The minimum atomic E-state index is -3.56. The Hall–Kier alpha value is -9.48. The molecule has 8 aromatic rings. The van der Waals surface area contributed by atoms with Crippen molar-refractivity contribution in [1.29, 1.82) is 0 Å². The number of aliphatic hydroxyl groups excluding tert-OH is 4. The van der Waals surface area contributed by atoms with E-state index >= 15 is 0 Å². The van der Waals surface area contributed by atoms with E-state index in [0.29, 0.717) is 6.54 Å². The van der Waals surface area contributed by atoms with Gasteiger partial charge in [-0.15, -0.1) is 27.1 Å². The maximum Gasteiger partial charge on any atom is 0.697 e. The SMILES string of the molecule is CC(=O)CCC(=O)O[C@H]1C[C@H](n2cc(C)c(=O)[nH]c2=O)O[C@@H]1CO[P+](=O)O[C@H]1[C@@H](O)[C@H](n2cnc3c(NC(=O)c4ccccc4)ncnc32)O[C@@H]1CO[P+](=O)O[C@H]1[C@@H](O)[C@H](n2ccc(NC(=O)c3ccccc3)nc2=O)O[C@@H]1CO[P+](=O)O[C@H]1[C@@H](O)[C@H](n2cnc3c(=O)[nH]c(NCC(C)C)nc32)O[C@@H]1CO. The molecule has 2 amide bonds. The average molecular weight is 1530 g/mol. The van der Waals surface area contributed by atoms with Crippen LogP contribution < -0.4 is 38.4 Å². The van der Waals surface area contributed by atoms with Crippen molar-refractivity contribution >= 4 is 88.2 Å². The lowest BCUT2D eigenvalue weighted by Crippen LogP contribution is -2.37. The van der Waals surface area contributed by atoms with Gasteiger partial charge in [0, 0.05) is 62.2 Å². The number of aliphatic hydroxyl groups is 4. The predicted molar refractivity (Wildman–Crippen MR) is 361 cm³/mol. The van der Waals surface area contributed by atoms with Crippen LogP contribution in [0.15, 0.2) is 117 Å². The molecule has 18 atom stereocenters. The molecular formula is C62H69N15O26P3+3. The Bertz CT molecular complexity index is 4850. The zero-order chi connectivity index (χ0) is 75.2. The smallest absolute Gasteiger partial charge is 0.459 e. The molecule has 0 spiro atoms. The van der Waals surface area contributed by atoms with Crippen LogP contribution in [0, 0.1) is 12.8 Å². The van der Waals surface area contributed by atoms with E-state index in [4.69, 9.17) is 50.8 Å². The lowest BCUT2D eigenvalue weighted by molar-refractivity contribution is -0.153. The fourth-order valence-electron chi connectivity index (χ4n) is 11.7. The van der Waals surface area contributed by atoms with Crippen LogP contribution in [0.2, 0.25) is 0 Å². The Morgan fingerprint density at radius 2 is 1.18 bits per heavy atom. The van der Waals surface area contributed by atoms with E-state index in [-0.39, 0.29) is 87.6 Å². The number of nitrogens with one attached hydrogen (secondary N) is 5. The molecule has 12 rings (SSSR count). The first-order valence-corrected chi connectivity index (χ1v) is 36.0. The summed E-state index contributed by atoms with van der Waals surface area (Å²) in [6.45, 7) is 3.69. The second-order valence-electron chi connectivity index (χ2n) is 24.9. The van der Waals surface area contributed by atoms with Crippen LogP contribution in [0.3, 0.4) is 0 Å². The number of carbonyl (C=O) groups excluding carboxylic acids is 4. The van der Waals surface area contributed by atoms with Crippen molar-refractivity contribution in [2.24, 2.45) is 5.92 Å². The molecule has 4 fully saturated rings. The standard InChI is InChI=1S/C62H66N15O26P3/c1-29(2)20-63-60-71-52-43(56(87)72-60)67-28-77(52)59-44(81)47(35(22-78)98-59)101-105(91)94-24-37-48(45(82)57(99-37)74-18-17-39(69-61(74)88)68-54(85)32-11-7-5-8-12-32)102-106(92)95-25-38-49(46(83)58(100-38)76-27-66-42-50(64-26-65-51(42)76)70-55(86)33-13-9-6-10-14-33)103-104(90)93-23-36-34(97-41(80)16-15-31(4)79)19-40(96-36)75-21-30(3)53(84)73-62(75)89/h5-14,17-18,21,26-29,34-38,40,44-49,57-59,78,81-83H,15-16,19-20,22-25H2,1-4H3,(H2-3,63,64,65,68,69,70,71,72,73,84,85,86,87,88,89)/p+3/t34-,35+,36+,37+,38+,40+,44+,45+,46+,47+,48+,49+,57+,58+,59+/m0/s1. The first-order valence-electron chi connectivity index (χ1n) is 32.7. The highest BCUT2D eigenvalue weighted by atomic mass is 31.1. The van der Waals surface area contributed by atoms with Gasteiger partial charge in [-0.3, -0.25) is 52.2 Å². The van der Waals surface area contributed by atoms with Gasteiger partial charge >= 0.3 is 42.1 Å². The number of hydrogen-bond donors (Lipinski definition) is 9. The monoisotopic (exact) mass is 1530 g/mol. The van der Waals surface area contributed by atoms with E-state index in [1.807, 2.05) is 13.8 Å². The molecule has 4 aliphatic heterocycles. The van der Waals surface area contributed by atoms with Crippen molar-refractivity contribution in [3.63, 3.8) is 0 Å². The topological polar surface area (TPSA) is 535 Å². The highest BCUT2D eigenvalue weighted by Gasteiger charge is 2.57. The number of rotatable bonds is 31. The number of nitrogens with zero attached hydrogens (tertiary/aromatic N) is 10. The summed E-state index contributed by atoms with van der Waals surface area (Å²) in [5.74, 6) is -2.38. The fourth-order valence-corrected chi connectivity index (χ4v) is 14.1. The van der Waals surface area contributed by atoms with E-state index in [1.54, 1.807) is 48.5 Å². The van der Waals surface area contributed by atoms with Gasteiger partial charge < -0.3 is 64.9 Å². The molecule has 44 heteroatoms.